The molecule has 2 fully saturated rings. The lowest BCUT2D eigenvalue weighted by atomic mass is 9.49. The summed E-state index contributed by atoms with van der Waals surface area (Å²) in [6, 6.07) is 1.53. The summed E-state index contributed by atoms with van der Waals surface area (Å²) in [5, 5.41) is 33.4. The number of phenols is 1. The molecule has 4 rings (SSSR count). The largest absolute Gasteiger partial charge is 0.507 e. The smallest absolute Gasteiger partial charge is 0.235 e. The van der Waals surface area contributed by atoms with Crippen molar-refractivity contribution in [1.29, 1.82) is 0 Å². The fourth-order valence-electron chi connectivity index (χ4n) is 6.02. The van der Waals surface area contributed by atoms with E-state index < -0.39 is 76.4 Å². The van der Waals surface area contributed by atoms with Gasteiger partial charge in [0.25, 0.3) is 0 Å². The Labute approximate surface area is 202 Å². The van der Waals surface area contributed by atoms with Crippen LogP contribution in [0.3, 0.4) is 0 Å². The van der Waals surface area contributed by atoms with Gasteiger partial charge >= 0.3 is 0 Å². The van der Waals surface area contributed by atoms with E-state index in [9.17, 15) is 39.3 Å². The number of nitrogens with two attached hydrogens (primary N) is 1. The number of Topliss-reactive ketones (excluding diaryl/α,β-unsaturated/α-hetero) is 4. The average molecular weight is 570 g/mol. The number of aliphatic hydroxyl groups is 2. The van der Waals surface area contributed by atoms with Crippen molar-refractivity contribution in [3.05, 3.63) is 26.8 Å². The number of primary amides is 1. The normalized spacial score (nSPS) is 38.1. The monoisotopic (exact) mass is 570 g/mol. The first-order valence-electron chi connectivity index (χ1n) is 10.3. The minimum atomic E-state index is -2.98. The van der Waals surface area contributed by atoms with Crippen LogP contribution in [0.2, 0.25) is 0 Å². The van der Waals surface area contributed by atoms with Crippen molar-refractivity contribution < 1.29 is 39.3 Å². The highest BCUT2D eigenvalue weighted by Gasteiger charge is 2.72. The quantitative estimate of drug-likeness (QED) is 0.257. The number of nitrogens with zero attached hydrogens (tertiary/aromatic N) is 1. The van der Waals surface area contributed by atoms with Gasteiger partial charge in [-0.1, -0.05) is 6.92 Å². The van der Waals surface area contributed by atoms with Gasteiger partial charge in [0.05, 0.1) is 29.5 Å². The van der Waals surface area contributed by atoms with Gasteiger partial charge in [-0.05, 0) is 60.3 Å². The molecular formula is C22H23IN2O8. The van der Waals surface area contributed by atoms with Crippen LogP contribution >= 0.6 is 22.6 Å². The second kappa shape index (κ2) is 7.65. The Morgan fingerprint density at radius 3 is 2.30 bits per heavy atom. The zero-order valence-corrected chi connectivity index (χ0v) is 20.1. The standard InChI is InChI=1S/C22H23IN2O8/c1-6-9-7(23)4-5-8(26)11(9)16(27)12-10(6)17(28)14-15(25(2)3)18(29)13(21(24)32)20(31)22(14,33)19(12)30/h4-6,10,12-15,17,26,28,33H,1-3H3,(H2,24,32)/t6-,10+,12?,13?,14+,15-,17-,22-/m0/s1. The Bertz CT molecular complexity index is 1130. The van der Waals surface area contributed by atoms with E-state index in [-0.39, 0.29) is 11.3 Å². The van der Waals surface area contributed by atoms with Crippen LogP contribution in [0.15, 0.2) is 12.1 Å². The van der Waals surface area contributed by atoms with Gasteiger partial charge in [-0.2, -0.15) is 0 Å². The maximum atomic E-state index is 13.7. The van der Waals surface area contributed by atoms with Gasteiger partial charge in [0.15, 0.2) is 34.7 Å². The molecule has 11 heteroatoms. The first-order valence-corrected chi connectivity index (χ1v) is 11.4. The summed E-state index contributed by atoms with van der Waals surface area (Å²) in [6.45, 7) is 1.68. The molecule has 176 valence electrons. The molecule has 0 aliphatic heterocycles. The number of aromatic hydroxyl groups is 1. The fraction of sp³-hybridized carbons (Fsp3) is 0.500. The minimum absolute atomic E-state index is 0.104. The fourth-order valence-corrected chi connectivity index (χ4v) is 6.96. The van der Waals surface area contributed by atoms with Crippen LogP contribution in [-0.2, 0) is 19.2 Å². The second-order valence-electron chi connectivity index (χ2n) is 9.22. The summed E-state index contributed by atoms with van der Waals surface area (Å²) in [5.41, 5.74) is 2.63. The highest BCUT2D eigenvalue weighted by atomic mass is 127. The number of ketones is 4. The Morgan fingerprint density at radius 1 is 1.15 bits per heavy atom. The van der Waals surface area contributed by atoms with E-state index >= 15 is 0 Å². The molecule has 1 amide bonds. The summed E-state index contributed by atoms with van der Waals surface area (Å²) in [4.78, 5) is 66.7. The molecule has 0 aromatic heterocycles. The van der Waals surface area contributed by atoms with Crippen molar-refractivity contribution in [2.75, 3.05) is 14.1 Å². The average Bonchev–Trinajstić information content (AvgIpc) is 2.72. The number of halogens is 1. The number of phenolic OH excluding ortho intramolecular Hbond substituents is 1. The van der Waals surface area contributed by atoms with Gasteiger partial charge in [-0.3, -0.25) is 28.9 Å². The number of likely N-dealkylation sites (N-methyl/N-ethyl adjacent to an activating group) is 1. The molecule has 1 aromatic rings. The number of benzene rings is 1. The Balaban J connectivity index is 1.98. The molecule has 8 atom stereocenters. The van der Waals surface area contributed by atoms with Crippen LogP contribution in [0, 0.1) is 27.2 Å². The molecule has 0 bridgehead atoms. The number of carbonyl (C=O) groups excluding carboxylic acids is 5. The van der Waals surface area contributed by atoms with Crippen molar-refractivity contribution in [2.24, 2.45) is 29.4 Å². The number of fused-ring (bicyclic) bond motifs is 3. The van der Waals surface area contributed by atoms with E-state index in [1.165, 1.54) is 25.1 Å². The van der Waals surface area contributed by atoms with E-state index in [0.717, 1.165) is 0 Å². The molecule has 2 saturated carbocycles. The van der Waals surface area contributed by atoms with Gasteiger partial charge in [0, 0.05) is 9.49 Å². The van der Waals surface area contributed by atoms with Crippen molar-refractivity contribution in [3.63, 3.8) is 0 Å². The maximum absolute atomic E-state index is 13.7. The third-order valence-electron chi connectivity index (χ3n) is 7.41. The Morgan fingerprint density at radius 2 is 1.76 bits per heavy atom. The van der Waals surface area contributed by atoms with Gasteiger partial charge < -0.3 is 21.1 Å². The van der Waals surface area contributed by atoms with Crippen LogP contribution < -0.4 is 5.73 Å². The molecule has 3 aliphatic carbocycles. The van der Waals surface area contributed by atoms with Gasteiger partial charge in [0.2, 0.25) is 5.91 Å². The number of rotatable bonds is 2. The van der Waals surface area contributed by atoms with Crippen LogP contribution in [0.1, 0.15) is 28.8 Å². The lowest BCUT2D eigenvalue weighted by Gasteiger charge is -2.56. The van der Waals surface area contributed by atoms with E-state index in [2.05, 4.69) is 0 Å². The molecule has 0 spiro atoms. The summed E-state index contributed by atoms with van der Waals surface area (Å²) >= 11 is 1.98. The summed E-state index contributed by atoms with van der Waals surface area (Å²) in [7, 11) is 2.90. The molecule has 0 radical (unpaired) electrons. The molecule has 2 unspecified atom stereocenters. The Kier molecular flexibility index (Phi) is 5.55. The molecule has 1 aromatic carbocycles. The molecule has 0 heterocycles. The van der Waals surface area contributed by atoms with Crippen molar-refractivity contribution in [2.45, 2.75) is 30.6 Å². The van der Waals surface area contributed by atoms with E-state index in [1.807, 2.05) is 22.6 Å². The zero-order valence-electron chi connectivity index (χ0n) is 18.0. The zero-order chi connectivity index (χ0) is 24.7. The van der Waals surface area contributed by atoms with Crippen LogP contribution in [0.25, 0.3) is 0 Å². The van der Waals surface area contributed by atoms with Crippen LogP contribution in [0.4, 0.5) is 0 Å². The summed E-state index contributed by atoms with van der Waals surface area (Å²) in [6.07, 6.45) is -1.63. The third kappa shape index (κ3) is 2.92. The first-order chi connectivity index (χ1) is 15.3. The van der Waals surface area contributed by atoms with Crippen molar-refractivity contribution in [3.8, 4) is 5.75 Å². The SMILES string of the molecule is C[C@H]1c2c(I)ccc(O)c2C(=O)C2C(=O)[C@]3(O)C(=O)C(C(N)=O)C(=O)[C@@H](N(C)C)[C@@H]3[C@@H](O)[C@@H]21. The van der Waals surface area contributed by atoms with E-state index in [1.54, 1.807) is 13.0 Å². The molecule has 0 saturated heterocycles. The highest BCUT2D eigenvalue weighted by Crippen LogP contribution is 2.54. The molecule has 5 N–H and O–H groups in total. The maximum Gasteiger partial charge on any atom is 0.235 e. The van der Waals surface area contributed by atoms with Gasteiger partial charge in [-0.25, -0.2) is 0 Å². The number of hydrogen-bond donors (Lipinski definition) is 4. The van der Waals surface area contributed by atoms with Gasteiger partial charge in [-0.15, -0.1) is 0 Å². The van der Waals surface area contributed by atoms with Gasteiger partial charge in [0.1, 0.15) is 5.75 Å². The van der Waals surface area contributed by atoms with Crippen molar-refractivity contribution >= 4 is 51.6 Å². The molecule has 10 nitrogen and oxygen atoms in total. The van der Waals surface area contributed by atoms with E-state index in [4.69, 9.17) is 5.73 Å². The molecule has 33 heavy (non-hydrogen) atoms. The number of aliphatic hydroxyl groups excluding tert-OH is 1. The van der Waals surface area contributed by atoms with E-state index in [0.29, 0.717) is 9.13 Å². The number of carbonyl (C=O) groups is 5. The number of amides is 1. The topological polar surface area (TPSA) is 175 Å². The first kappa shape index (κ1) is 23.9. The lowest BCUT2D eigenvalue weighted by molar-refractivity contribution is -0.196. The second-order valence-corrected chi connectivity index (χ2v) is 10.4. The predicted octanol–water partition coefficient (Wildman–Crippen LogP) is -0.997. The van der Waals surface area contributed by atoms with Crippen LogP contribution in [-0.4, -0.2) is 81.1 Å². The summed E-state index contributed by atoms with van der Waals surface area (Å²) < 4.78 is 0.633. The Hall–Kier alpha value is -2.22. The molecular weight excluding hydrogens is 547 g/mol. The van der Waals surface area contributed by atoms with Crippen molar-refractivity contribution in [1.82, 2.24) is 4.90 Å². The third-order valence-corrected chi connectivity index (χ3v) is 8.36. The summed E-state index contributed by atoms with van der Waals surface area (Å²) in [5.74, 6) is -13.1. The number of hydrogen-bond acceptors (Lipinski definition) is 9. The molecule has 3 aliphatic rings. The highest BCUT2D eigenvalue weighted by molar-refractivity contribution is 14.1. The minimum Gasteiger partial charge on any atom is -0.507 e. The van der Waals surface area contributed by atoms with Crippen LogP contribution in [0.5, 0.6) is 5.75 Å². The lowest BCUT2D eigenvalue weighted by Crippen LogP contribution is -2.77. The predicted molar refractivity (Wildman–Crippen MR) is 120 cm³/mol.